The van der Waals surface area contributed by atoms with Crippen molar-refractivity contribution in [2.45, 2.75) is 17.7 Å². The highest BCUT2D eigenvalue weighted by atomic mass is 35.5. The standard InChI is InChI=1S/C10H13ClF2N2O2S.ClH/c1-7-3-2-4-8(9(7)11)18(16,17)15-6-10(12,13)5-14;/h2-4,15H,5-6,14H2,1H3;1H. The minimum absolute atomic E-state index is 0. The lowest BCUT2D eigenvalue weighted by molar-refractivity contribution is 0.0170. The zero-order chi connectivity index (χ0) is 14.0. The van der Waals surface area contributed by atoms with Crippen LogP contribution in [0.3, 0.4) is 0 Å². The van der Waals surface area contributed by atoms with Gasteiger partial charge in [0.25, 0.3) is 5.92 Å². The van der Waals surface area contributed by atoms with Crippen molar-refractivity contribution in [1.29, 1.82) is 0 Å². The van der Waals surface area contributed by atoms with Crippen molar-refractivity contribution in [3.05, 3.63) is 28.8 Å². The van der Waals surface area contributed by atoms with Crippen LogP contribution in [0.25, 0.3) is 0 Å². The van der Waals surface area contributed by atoms with Gasteiger partial charge in [-0.25, -0.2) is 21.9 Å². The largest absolute Gasteiger partial charge is 0.325 e. The van der Waals surface area contributed by atoms with Crippen molar-refractivity contribution in [3.8, 4) is 0 Å². The molecule has 0 fully saturated rings. The van der Waals surface area contributed by atoms with Crippen molar-refractivity contribution in [2.24, 2.45) is 5.73 Å². The Morgan fingerprint density at radius 2 is 2.00 bits per heavy atom. The molecule has 4 nitrogen and oxygen atoms in total. The number of benzene rings is 1. The Labute approximate surface area is 121 Å². The molecule has 0 heterocycles. The molecule has 9 heteroatoms. The molecular weight excluding hydrogens is 321 g/mol. The minimum Gasteiger partial charge on any atom is -0.325 e. The first-order valence-corrected chi connectivity index (χ1v) is 6.88. The van der Waals surface area contributed by atoms with Crippen LogP contribution in [-0.4, -0.2) is 27.4 Å². The molecule has 0 spiro atoms. The van der Waals surface area contributed by atoms with Crippen LogP contribution in [0.2, 0.25) is 5.02 Å². The average molecular weight is 335 g/mol. The smallest absolute Gasteiger partial charge is 0.273 e. The van der Waals surface area contributed by atoms with Crippen LogP contribution in [0.1, 0.15) is 5.56 Å². The van der Waals surface area contributed by atoms with Gasteiger partial charge in [0, 0.05) is 0 Å². The fourth-order valence-electron chi connectivity index (χ4n) is 1.18. The van der Waals surface area contributed by atoms with Crippen LogP contribution < -0.4 is 10.5 Å². The number of halogens is 4. The first kappa shape index (κ1) is 18.5. The maximum Gasteiger partial charge on any atom is 0.273 e. The Hall–Kier alpha value is -0.470. The van der Waals surface area contributed by atoms with E-state index in [9.17, 15) is 17.2 Å². The van der Waals surface area contributed by atoms with E-state index in [-0.39, 0.29) is 22.3 Å². The molecule has 0 radical (unpaired) electrons. The quantitative estimate of drug-likeness (QED) is 0.864. The summed E-state index contributed by atoms with van der Waals surface area (Å²) in [5, 5.41) is 0.0149. The number of hydrogen-bond donors (Lipinski definition) is 2. The molecule has 0 saturated heterocycles. The molecule has 1 aromatic rings. The van der Waals surface area contributed by atoms with E-state index < -0.39 is 29.0 Å². The van der Waals surface area contributed by atoms with E-state index in [4.69, 9.17) is 17.3 Å². The molecule has 0 aromatic heterocycles. The maximum atomic E-state index is 12.9. The van der Waals surface area contributed by atoms with Gasteiger partial charge in [-0.1, -0.05) is 23.7 Å². The van der Waals surface area contributed by atoms with Crippen LogP contribution in [-0.2, 0) is 10.0 Å². The van der Waals surface area contributed by atoms with Gasteiger partial charge in [0.1, 0.15) is 4.90 Å². The summed E-state index contributed by atoms with van der Waals surface area (Å²) in [6.45, 7) is -0.372. The zero-order valence-electron chi connectivity index (χ0n) is 9.99. The minimum atomic E-state index is -4.07. The van der Waals surface area contributed by atoms with Gasteiger partial charge in [-0.3, -0.25) is 0 Å². The predicted molar refractivity (Wildman–Crippen MR) is 72.6 cm³/mol. The van der Waals surface area contributed by atoms with Crippen molar-refractivity contribution >= 4 is 34.0 Å². The van der Waals surface area contributed by atoms with E-state index in [1.165, 1.54) is 12.1 Å². The summed E-state index contributed by atoms with van der Waals surface area (Å²) in [4.78, 5) is -0.225. The zero-order valence-corrected chi connectivity index (χ0v) is 12.4. The number of nitrogens with two attached hydrogens (primary N) is 1. The number of alkyl halides is 2. The second-order valence-electron chi connectivity index (χ2n) is 3.77. The third-order valence-electron chi connectivity index (χ3n) is 2.27. The van der Waals surface area contributed by atoms with Gasteiger partial charge in [0.05, 0.1) is 18.1 Å². The van der Waals surface area contributed by atoms with E-state index in [0.717, 1.165) is 0 Å². The van der Waals surface area contributed by atoms with E-state index >= 15 is 0 Å². The average Bonchev–Trinajstić information content (AvgIpc) is 2.30. The summed E-state index contributed by atoms with van der Waals surface area (Å²) in [6, 6.07) is 4.35. The Kier molecular flexibility index (Phi) is 6.64. The molecule has 1 rings (SSSR count). The maximum absolute atomic E-state index is 12.9. The normalized spacial score (nSPS) is 12.1. The number of aryl methyl sites for hydroxylation is 1. The van der Waals surface area contributed by atoms with E-state index in [0.29, 0.717) is 5.56 Å². The molecule has 1 aromatic carbocycles. The molecule has 19 heavy (non-hydrogen) atoms. The second-order valence-corrected chi connectivity index (χ2v) is 5.88. The first-order valence-electron chi connectivity index (χ1n) is 5.02. The van der Waals surface area contributed by atoms with Crippen LogP contribution in [0.5, 0.6) is 0 Å². The van der Waals surface area contributed by atoms with Crippen molar-refractivity contribution in [3.63, 3.8) is 0 Å². The summed E-state index contributed by atoms with van der Waals surface area (Å²) in [5.74, 6) is -3.29. The van der Waals surface area contributed by atoms with Crippen molar-refractivity contribution in [1.82, 2.24) is 4.72 Å². The topological polar surface area (TPSA) is 72.2 Å². The Morgan fingerprint density at radius 1 is 1.42 bits per heavy atom. The molecule has 0 bridgehead atoms. The molecule has 110 valence electrons. The Bertz CT molecular complexity index is 538. The highest BCUT2D eigenvalue weighted by Crippen LogP contribution is 2.24. The molecule has 3 N–H and O–H groups in total. The molecule has 0 aliphatic heterocycles. The predicted octanol–water partition coefficient (Wildman–Crippen LogP) is 1.94. The van der Waals surface area contributed by atoms with Gasteiger partial charge in [0.2, 0.25) is 10.0 Å². The first-order chi connectivity index (χ1) is 8.19. The molecule has 0 unspecified atom stereocenters. The van der Waals surface area contributed by atoms with E-state index in [2.05, 4.69) is 0 Å². The highest BCUT2D eigenvalue weighted by Gasteiger charge is 2.30. The number of hydrogen-bond acceptors (Lipinski definition) is 3. The number of nitrogens with one attached hydrogen (secondary N) is 1. The van der Waals surface area contributed by atoms with Crippen LogP contribution in [0.15, 0.2) is 23.1 Å². The Balaban J connectivity index is 0.00000324. The summed E-state index contributed by atoms with van der Waals surface area (Å²) < 4.78 is 51.2. The van der Waals surface area contributed by atoms with Crippen molar-refractivity contribution in [2.75, 3.05) is 13.1 Å². The number of rotatable bonds is 5. The van der Waals surface area contributed by atoms with Gasteiger partial charge in [0.15, 0.2) is 0 Å². The summed E-state index contributed by atoms with van der Waals surface area (Å²) in [6.07, 6.45) is 0. The van der Waals surface area contributed by atoms with E-state index in [1.54, 1.807) is 17.7 Å². The van der Waals surface area contributed by atoms with Crippen LogP contribution in [0.4, 0.5) is 8.78 Å². The molecule has 0 amide bonds. The summed E-state index contributed by atoms with van der Waals surface area (Å²) >= 11 is 5.83. The lowest BCUT2D eigenvalue weighted by atomic mass is 10.2. The fourth-order valence-corrected chi connectivity index (χ4v) is 2.82. The summed E-state index contributed by atoms with van der Waals surface area (Å²) in [5.41, 5.74) is 5.36. The second kappa shape index (κ2) is 6.81. The van der Waals surface area contributed by atoms with Gasteiger partial charge in [-0.05, 0) is 18.6 Å². The van der Waals surface area contributed by atoms with Crippen LogP contribution >= 0.6 is 24.0 Å². The molecular formula is C10H14Cl2F2N2O2S. The third-order valence-corrected chi connectivity index (χ3v) is 4.32. The highest BCUT2D eigenvalue weighted by molar-refractivity contribution is 7.89. The SMILES string of the molecule is Cc1cccc(S(=O)(=O)NCC(F)(F)CN)c1Cl.Cl. The van der Waals surface area contributed by atoms with Crippen molar-refractivity contribution < 1.29 is 17.2 Å². The monoisotopic (exact) mass is 334 g/mol. The molecule has 0 saturated carbocycles. The third kappa shape index (κ3) is 4.85. The van der Waals surface area contributed by atoms with Crippen LogP contribution in [0, 0.1) is 6.92 Å². The van der Waals surface area contributed by atoms with E-state index in [1.807, 2.05) is 0 Å². The van der Waals surface area contributed by atoms with Gasteiger partial charge >= 0.3 is 0 Å². The number of sulfonamides is 1. The lowest BCUT2D eigenvalue weighted by Crippen LogP contribution is -2.41. The molecule has 0 aliphatic rings. The van der Waals surface area contributed by atoms with Gasteiger partial charge in [-0.2, -0.15) is 0 Å². The fraction of sp³-hybridized carbons (Fsp3) is 0.400. The van der Waals surface area contributed by atoms with Gasteiger partial charge in [-0.15, -0.1) is 12.4 Å². The molecule has 0 aliphatic carbocycles. The summed E-state index contributed by atoms with van der Waals surface area (Å²) in [7, 11) is -4.07. The molecule has 0 atom stereocenters. The Morgan fingerprint density at radius 3 is 2.53 bits per heavy atom. The van der Waals surface area contributed by atoms with Gasteiger partial charge < -0.3 is 5.73 Å². The lowest BCUT2D eigenvalue weighted by Gasteiger charge is -2.15.